The molecule has 0 spiro atoms. The van der Waals surface area contributed by atoms with Crippen molar-refractivity contribution in [2.75, 3.05) is 41.0 Å². The topological polar surface area (TPSA) is 99.1 Å². The number of likely N-dealkylation sites (N-methyl/N-ethyl adjacent to an activating group) is 1. The van der Waals surface area contributed by atoms with Crippen molar-refractivity contribution in [3.05, 3.63) is 72.9 Å². The van der Waals surface area contributed by atoms with Crippen molar-refractivity contribution in [2.24, 2.45) is 0 Å². The first-order valence-corrected chi connectivity index (χ1v) is 27.5. The lowest BCUT2D eigenvalue weighted by atomic mass is 10.0. The van der Waals surface area contributed by atoms with Gasteiger partial charge in [0.15, 0.2) is 12.1 Å². The third kappa shape index (κ3) is 47.6. The van der Waals surface area contributed by atoms with Crippen molar-refractivity contribution in [1.82, 2.24) is 0 Å². The third-order valence-electron chi connectivity index (χ3n) is 12.1. The molecule has 0 bridgehead atoms. The van der Waals surface area contributed by atoms with Crippen LogP contribution in [0.1, 0.15) is 232 Å². The summed E-state index contributed by atoms with van der Waals surface area (Å²) in [4.78, 5) is 37.3. The summed E-state index contributed by atoms with van der Waals surface area (Å²) in [5.74, 6) is -1.47. The quantitative estimate of drug-likeness (QED) is 0.0281. The van der Waals surface area contributed by atoms with Gasteiger partial charge in [-0.25, -0.2) is 4.79 Å². The van der Waals surface area contributed by atoms with E-state index in [0.717, 1.165) is 77.0 Å². The lowest BCUT2D eigenvalue weighted by molar-refractivity contribution is -0.887. The van der Waals surface area contributed by atoms with Crippen LogP contribution in [0.2, 0.25) is 0 Å². The summed E-state index contributed by atoms with van der Waals surface area (Å²) in [5.41, 5.74) is 0. The molecule has 0 rings (SSSR count). The summed E-state index contributed by atoms with van der Waals surface area (Å²) in [7, 11) is 5.54. The van der Waals surface area contributed by atoms with Gasteiger partial charge in [-0.1, -0.05) is 202 Å². The number of carboxylic acid groups (broad SMARTS) is 1. The second-order valence-corrected chi connectivity index (χ2v) is 19.5. The first kappa shape index (κ1) is 63.8. The maximum absolute atomic E-state index is 12.8. The average molecular weight is 939 g/mol. The number of rotatable bonds is 49. The summed E-state index contributed by atoms with van der Waals surface area (Å²) < 4.78 is 17.4. The number of hydrogen-bond acceptors (Lipinski definition) is 6. The first-order valence-electron chi connectivity index (χ1n) is 27.5. The Balaban J connectivity index is 4.22. The average Bonchev–Trinajstić information content (AvgIpc) is 3.29. The zero-order valence-corrected chi connectivity index (χ0v) is 44.1. The molecule has 0 aromatic heterocycles. The third-order valence-corrected chi connectivity index (χ3v) is 12.1. The summed E-state index contributed by atoms with van der Waals surface area (Å²) >= 11 is 0. The van der Waals surface area contributed by atoms with Gasteiger partial charge < -0.3 is 23.8 Å². The molecule has 1 N–H and O–H groups in total. The van der Waals surface area contributed by atoms with Gasteiger partial charge in [-0.15, -0.1) is 0 Å². The van der Waals surface area contributed by atoms with E-state index in [1.807, 2.05) is 21.1 Å². The Morgan fingerprint density at radius 1 is 0.463 bits per heavy atom. The molecule has 0 fully saturated rings. The van der Waals surface area contributed by atoms with Gasteiger partial charge in [0.25, 0.3) is 0 Å². The van der Waals surface area contributed by atoms with E-state index in [-0.39, 0.29) is 36.2 Å². The smallest absolute Gasteiger partial charge is 0.362 e. The summed E-state index contributed by atoms with van der Waals surface area (Å²) in [5, 5.41) is 9.67. The standard InChI is InChI=1S/C59H103NO7/c1-6-8-10-12-14-16-18-20-22-24-26-28-30-32-34-36-38-40-42-44-46-48-50-58(62)67-55(53-65-52-51-56(59(63)64)60(3,4)5)54-66-57(61)49-47-45-43-41-39-37-35-33-31-29-27-25-23-21-19-17-15-13-11-9-7-2/h9,11,14-17,20-23,26,28,55-56H,6-8,10,12-13,18-19,24-25,27,29-54H2,1-5H3/p+1/b11-9+,16-14+,17-15+,22-20+,23-21+,28-26+. The van der Waals surface area contributed by atoms with Gasteiger partial charge in [-0.2, -0.15) is 0 Å². The number of allylic oxidation sites excluding steroid dienone is 12. The summed E-state index contributed by atoms with van der Waals surface area (Å²) in [6.07, 6.45) is 63.8. The first-order chi connectivity index (χ1) is 32.6. The van der Waals surface area contributed by atoms with Crippen LogP contribution in [-0.2, 0) is 28.6 Å². The molecular weight excluding hydrogens is 835 g/mol. The molecule has 0 aliphatic rings. The van der Waals surface area contributed by atoms with Crippen LogP contribution in [0.5, 0.6) is 0 Å². The minimum Gasteiger partial charge on any atom is -0.477 e. The number of carboxylic acids is 1. The lowest BCUT2D eigenvalue weighted by Crippen LogP contribution is -2.50. The molecule has 0 aromatic rings. The predicted molar refractivity (Wildman–Crippen MR) is 284 cm³/mol. The molecule has 0 aliphatic heterocycles. The number of carbonyl (C=O) groups is 3. The maximum Gasteiger partial charge on any atom is 0.362 e. The molecule has 0 saturated heterocycles. The molecule has 2 atom stereocenters. The molecule has 0 heterocycles. The molecule has 0 saturated carbocycles. The highest BCUT2D eigenvalue weighted by Gasteiger charge is 2.31. The van der Waals surface area contributed by atoms with Crippen LogP contribution in [0.4, 0.5) is 0 Å². The summed E-state index contributed by atoms with van der Waals surface area (Å²) in [6, 6.07) is -0.620. The highest BCUT2D eigenvalue weighted by atomic mass is 16.6. The van der Waals surface area contributed by atoms with Gasteiger partial charge in [0.2, 0.25) is 0 Å². The largest absolute Gasteiger partial charge is 0.477 e. The van der Waals surface area contributed by atoms with Crippen LogP contribution in [0.25, 0.3) is 0 Å². The van der Waals surface area contributed by atoms with E-state index in [0.29, 0.717) is 19.3 Å². The fourth-order valence-corrected chi connectivity index (χ4v) is 7.88. The second kappa shape index (κ2) is 49.2. The number of quaternary nitrogens is 1. The fraction of sp³-hybridized carbons (Fsp3) is 0.746. The summed E-state index contributed by atoms with van der Waals surface area (Å²) in [6.45, 7) is 4.61. The van der Waals surface area contributed by atoms with Crippen LogP contribution in [0, 0.1) is 0 Å². The van der Waals surface area contributed by atoms with Gasteiger partial charge in [0.05, 0.1) is 34.4 Å². The van der Waals surface area contributed by atoms with Gasteiger partial charge >= 0.3 is 17.9 Å². The van der Waals surface area contributed by atoms with Crippen LogP contribution >= 0.6 is 0 Å². The molecule has 0 aliphatic carbocycles. The van der Waals surface area contributed by atoms with E-state index in [4.69, 9.17) is 14.2 Å². The van der Waals surface area contributed by atoms with E-state index in [2.05, 4.69) is 86.8 Å². The molecule has 0 amide bonds. The van der Waals surface area contributed by atoms with Crippen LogP contribution in [0.15, 0.2) is 72.9 Å². The van der Waals surface area contributed by atoms with E-state index in [1.165, 1.54) is 122 Å². The Bertz CT molecular complexity index is 1320. The maximum atomic E-state index is 12.8. The van der Waals surface area contributed by atoms with E-state index in [1.54, 1.807) is 0 Å². The second-order valence-electron chi connectivity index (χ2n) is 19.5. The van der Waals surface area contributed by atoms with Crippen molar-refractivity contribution in [2.45, 2.75) is 244 Å². The Kier molecular flexibility index (Phi) is 46.8. The Morgan fingerprint density at radius 2 is 0.836 bits per heavy atom. The highest BCUT2D eigenvalue weighted by molar-refractivity contribution is 5.72. The van der Waals surface area contributed by atoms with Crippen molar-refractivity contribution < 1.29 is 38.2 Å². The normalized spacial score (nSPS) is 13.4. The van der Waals surface area contributed by atoms with Gasteiger partial charge in [0, 0.05) is 19.3 Å². The number of unbranched alkanes of at least 4 members (excludes halogenated alkanes) is 23. The van der Waals surface area contributed by atoms with Crippen LogP contribution in [0.3, 0.4) is 0 Å². The van der Waals surface area contributed by atoms with Gasteiger partial charge in [-0.05, 0) is 83.5 Å². The van der Waals surface area contributed by atoms with Crippen molar-refractivity contribution in [1.29, 1.82) is 0 Å². The number of carbonyl (C=O) groups excluding carboxylic acids is 2. The van der Waals surface area contributed by atoms with Gasteiger partial charge in [0.1, 0.15) is 6.61 Å². The molecular formula is C59H104NO7+. The van der Waals surface area contributed by atoms with Gasteiger partial charge in [-0.3, -0.25) is 9.59 Å². The zero-order chi connectivity index (χ0) is 49.2. The zero-order valence-electron chi connectivity index (χ0n) is 44.1. The molecule has 8 nitrogen and oxygen atoms in total. The highest BCUT2D eigenvalue weighted by Crippen LogP contribution is 2.16. The molecule has 0 aromatic carbocycles. The van der Waals surface area contributed by atoms with Crippen LogP contribution < -0.4 is 0 Å². The van der Waals surface area contributed by atoms with E-state index >= 15 is 0 Å². The Morgan fingerprint density at radius 3 is 1.24 bits per heavy atom. The van der Waals surface area contributed by atoms with E-state index < -0.39 is 18.1 Å². The van der Waals surface area contributed by atoms with Crippen molar-refractivity contribution in [3.8, 4) is 0 Å². The lowest BCUT2D eigenvalue weighted by Gasteiger charge is -2.31. The Labute approximate surface area is 412 Å². The molecule has 2 unspecified atom stereocenters. The molecule has 8 heteroatoms. The predicted octanol–water partition coefficient (Wildman–Crippen LogP) is 16.3. The number of ether oxygens (including phenoxy) is 3. The minimum absolute atomic E-state index is 0.0562. The number of nitrogens with zero attached hydrogens (tertiary/aromatic N) is 1. The van der Waals surface area contributed by atoms with Crippen molar-refractivity contribution >= 4 is 17.9 Å². The number of aliphatic carboxylic acids is 1. The minimum atomic E-state index is -0.876. The number of esters is 2. The number of hydrogen-bond donors (Lipinski definition) is 1. The van der Waals surface area contributed by atoms with Crippen LogP contribution in [-0.4, -0.2) is 80.6 Å². The molecule has 0 radical (unpaired) electrons. The van der Waals surface area contributed by atoms with Crippen molar-refractivity contribution in [3.63, 3.8) is 0 Å². The monoisotopic (exact) mass is 939 g/mol. The van der Waals surface area contributed by atoms with E-state index in [9.17, 15) is 19.5 Å². The Hall–Kier alpha value is -3.23. The fourth-order valence-electron chi connectivity index (χ4n) is 7.88. The molecule has 386 valence electrons. The molecule has 67 heavy (non-hydrogen) atoms. The SMILES string of the molecule is CC/C=C/C/C=C/C/C=C/CCCCCCCCCCCCCC(=O)OCC(COCCC(C(=O)O)[N+](C)(C)C)OC(=O)CCCCCCCCCCC/C=C/C/C=C/C/C=C/CCCCC.